The van der Waals surface area contributed by atoms with Gasteiger partial charge in [0.1, 0.15) is 11.9 Å². The first-order valence-electron chi connectivity index (χ1n) is 10.9. The molecule has 12 nitrogen and oxygen atoms in total. The number of carboxylic acid groups (broad SMARTS) is 2. The number of hydrogen-bond acceptors (Lipinski definition) is 7. The Kier molecular flexibility index (Phi) is 9.33. The second-order valence-corrected chi connectivity index (χ2v) is 8.43. The maximum atomic E-state index is 13.0. The number of alkyl halides is 3. The van der Waals surface area contributed by atoms with Crippen LogP contribution in [0, 0.1) is 11.3 Å². The molecule has 0 saturated carbocycles. The Hall–Kier alpha value is -4.01. The number of aliphatic hydroxyl groups excluding tert-OH is 1. The number of nitrogens with one attached hydrogen (secondary N) is 1. The van der Waals surface area contributed by atoms with Crippen molar-refractivity contribution in [1.82, 2.24) is 9.80 Å². The number of amides is 2. The van der Waals surface area contributed by atoms with Crippen LogP contribution in [0.25, 0.3) is 0 Å². The molecule has 0 aromatic heterocycles. The summed E-state index contributed by atoms with van der Waals surface area (Å²) in [5.74, 6) is -6.53. The second-order valence-electron chi connectivity index (χ2n) is 8.43. The normalized spacial score (nSPS) is 20.0. The monoisotopic (exact) mass is 530 g/mol. The van der Waals surface area contributed by atoms with Crippen molar-refractivity contribution in [3.63, 3.8) is 0 Å². The number of carboxylic acids is 2. The number of ketones is 1. The summed E-state index contributed by atoms with van der Waals surface area (Å²) in [5.41, 5.74) is 6.21. The van der Waals surface area contributed by atoms with Crippen molar-refractivity contribution in [2.45, 2.75) is 37.6 Å². The third kappa shape index (κ3) is 7.49. The van der Waals surface area contributed by atoms with E-state index in [1.165, 1.54) is 21.9 Å². The highest BCUT2D eigenvalue weighted by Crippen LogP contribution is 2.26. The largest absolute Gasteiger partial charge is 0.490 e. The summed E-state index contributed by atoms with van der Waals surface area (Å²) >= 11 is 0. The third-order valence-corrected chi connectivity index (χ3v) is 5.90. The molecule has 1 aromatic carbocycles. The molecule has 6 N–H and O–H groups in total. The smallest absolute Gasteiger partial charge is 0.475 e. The van der Waals surface area contributed by atoms with Crippen LogP contribution in [0.15, 0.2) is 24.3 Å². The fourth-order valence-electron chi connectivity index (χ4n) is 3.98. The van der Waals surface area contributed by atoms with Gasteiger partial charge in [-0.1, -0.05) is 12.1 Å². The van der Waals surface area contributed by atoms with E-state index in [0.29, 0.717) is 11.1 Å². The average molecular weight is 530 g/mol. The van der Waals surface area contributed by atoms with Crippen LogP contribution >= 0.6 is 0 Å². The number of nitrogens with zero attached hydrogens (tertiary/aromatic N) is 2. The van der Waals surface area contributed by atoms with Crippen molar-refractivity contribution in [3.05, 3.63) is 35.4 Å². The van der Waals surface area contributed by atoms with E-state index in [4.69, 9.17) is 26.2 Å². The summed E-state index contributed by atoms with van der Waals surface area (Å²) in [7, 11) is 0. The number of piperidine rings is 1. The molecule has 2 aliphatic rings. The van der Waals surface area contributed by atoms with E-state index in [1.807, 2.05) is 0 Å². The zero-order valence-corrected chi connectivity index (χ0v) is 19.3. The number of Topliss-reactive ketones (excluding diaryl/α,β-unsaturated/α-hetero) is 1. The highest BCUT2D eigenvalue weighted by Gasteiger charge is 2.42. The van der Waals surface area contributed by atoms with Gasteiger partial charge in [-0.3, -0.25) is 19.8 Å². The van der Waals surface area contributed by atoms with Crippen molar-refractivity contribution < 1.29 is 52.5 Å². The number of halogens is 3. The molecule has 2 saturated heterocycles. The van der Waals surface area contributed by atoms with Gasteiger partial charge in [0.15, 0.2) is 0 Å². The fraction of sp³-hybridized carbons (Fsp3) is 0.455. The molecular weight excluding hydrogens is 505 g/mol. The minimum absolute atomic E-state index is 0.0255. The molecule has 2 amide bonds. The van der Waals surface area contributed by atoms with Gasteiger partial charge in [0.2, 0.25) is 11.7 Å². The van der Waals surface area contributed by atoms with Crippen molar-refractivity contribution >= 4 is 35.4 Å². The first-order valence-corrected chi connectivity index (χ1v) is 10.9. The van der Waals surface area contributed by atoms with Crippen LogP contribution in [-0.4, -0.2) is 98.4 Å². The van der Waals surface area contributed by atoms with Gasteiger partial charge in [0.25, 0.3) is 5.91 Å². The maximum absolute atomic E-state index is 13.0. The van der Waals surface area contributed by atoms with Gasteiger partial charge in [-0.25, -0.2) is 9.59 Å². The summed E-state index contributed by atoms with van der Waals surface area (Å²) < 4.78 is 31.7. The minimum Gasteiger partial charge on any atom is -0.475 e. The standard InChI is InChI=1S/C20H24N4O6.C2HF3O2/c21-17(22)12-1-3-13(4-2-12)18(27)24-10-14(25)9-15(24)19(28)23-7-5-11(6-8-23)16(26)20(29)30;3-2(4,5)1(6)7/h1-4,11,14-15,25H,5-10H2,(H3,21,22)(H,29,30);(H,6,7)/t14?,15-;/m0./s1. The van der Waals surface area contributed by atoms with Crippen LogP contribution in [-0.2, 0) is 19.2 Å². The lowest BCUT2D eigenvalue weighted by molar-refractivity contribution is -0.192. The number of amidine groups is 1. The number of β-amino-alcohol motifs (C(OH)–C–C–N with tert-alkyl or cyclic N) is 1. The summed E-state index contributed by atoms with van der Waals surface area (Å²) in [6.45, 7) is 0.479. The Bertz CT molecular complexity index is 1070. The van der Waals surface area contributed by atoms with Crippen molar-refractivity contribution in [1.29, 1.82) is 5.41 Å². The van der Waals surface area contributed by atoms with Gasteiger partial charge >= 0.3 is 18.1 Å². The molecule has 1 aromatic rings. The number of carbonyl (C=O) groups excluding carboxylic acids is 3. The van der Waals surface area contributed by atoms with Gasteiger partial charge in [-0.15, -0.1) is 0 Å². The van der Waals surface area contributed by atoms with E-state index >= 15 is 0 Å². The fourth-order valence-corrected chi connectivity index (χ4v) is 3.98. The molecular formula is C22H25F3N4O8. The van der Waals surface area contributed by atoms with Gasteiger partial charge in [0, 0.05) is 43.1 Å². The number of nitrogen functional groups attached to an aromatic ring is 1. The molecule has 0 spiro atoms. The topological polar surface area (TPSA) is 202 Å². The summed E-state index contributed by atoms with van der Waals surface area (Å²) in [4.78, 5) is 60.2. The first-order chi connectivity index (χ1) is 17.1. The Morgan fingerprint density at radius 1 is 0.973 bits per heavy atom. The molecule has 2 fully saturated rings. The van der Waals surface area contributed by atoms with Gasteiger partial charge in [-0.05, 0) is 25.0 Å². The van der Waals surface area contributed by atoms with E-state index in [2.05, 4.69) is 0 Å². The van der Waals surface area contributed by atoms with Crippen molar-refractivity contribution in [2.24, 2.45) is 11.7 Å². The summed E-state index contributed by atoms with van der Waals surface area (Å²) in [6, 6.07) is 5.31. The van der Waals surface area contributed by atoms with Gasteiger partial charge in [-0.2, -0.15) is 13.2 Å². The molecule has 1 unspecified atom stereocenters. The molecule has 2 atom stereocenters. The molecule has 2 heterocycles. The van der Waals surface area contributed by atoms with Crippen LogP contribution in [0.1, 0.15) is 35.2 Å². The molecule has 2 aliphatic heterocycles. The molecule has 15 heteroatoms. The number of hydrogen-bond donors (Lipinski definition) is 5. The molecule has 0 radical (unpaired) electrons. The summed E-state index contributed by atoms with van der Waals surface area (Å²) in [6.07, 6.45) is -5.28. The first kappa shape index (κ1) is 29.2. The molecule has 0 aliphatic carbocycles. The summed E-state index contributed by atoms with van der Waals surface area (Å²) in [5, 5.41) is 33.5. The Labute approximate surface area is 207 Å². The van der Waals surface area contributed by atoms with E-state index in [0.717, 1.165) is 0 Å². The number of aliphatic carboxylic acids is 2. The Morgan fingerprint density at radius 3 is 1.89 bits per heavy atom. The number of likely N-dealkylation sites (tertiary alicyclic amines) is 2. The third-order valence-electron chi connectivity index (χ3n) is 5.90. The van der Waals surface area contributed by atoms with Crippen LogP contribution in [0.5, 0.6) is 0 Å². The van der Waals surface area contributed by atoms with E-state index in [-0.39, 0.29) is 50.6 Å². The number of benzene rings is 1. The highest BCUT2D eigenvalue weighted by molar-refractivity contribution is 6.33. The van der Waals surface area contributed by atoms with Crippen LogP contribution in [0.4, 0.5) is 13.2 Å². The zero-order valence-electron chi connectivity index (χ0n) is 19.3. The van der Waals surface area contributed by atoms with E-state index in [9.17, 15) is 37.5 Å². The number of aliphatic hydroxyl groups is 1. The minimum atomic E-state index is -5.08. The van der Waals surface area contributed by atoms with E-state index in [1.54, 1.807) is 12.1 Å². The number of nitrogens with two attached hydrogens (primary N) is 1. The van der Waals surface area contributed by atoms with Crippen LogP contribution < -0.4 is 5.73 Å². The Morgan fingerprint density at radius 2 is 1.46 bits per heavy atom. The lowest BCUT2D eigenvalue weighted by Crippen LogP contribution is -2.50. The van der Waals surface area contributed by atoms with Gasteiger partial charge in [0.05, 0.1) is 6.10 Å². The van der Waals surface area contributed by atoms with Crippen molar-refractivity contribution in [2.75, 3.05) is 19.6 Å². The predicted molar refractivity (Wildman–Crippen MR) is 119 cm³/mol. The lowest BCUT2D eigenvalue weighted by Gasteiger charge is -2.34. The second kappa shape index (κ2) is 11.8. The number of rotatable bonds is 5. The molecule has 3 rings (SSSR count). The lowest BCUT2D eigenvalue weighted by atomic mass is 9.92. The van der Waals surface area contributed by atoms with E-state index < -0.39 is 47.9 Å². The van der Waals surface area contributed by atoms with Crippen LogP contribution in [0.2, 0.25) is 0 Å². The number of carbonyl (C=O) groups is 5. The molecule has 37 heavy (non-hydrogen) atoms. The van der Waals surface area contributed by atoms with Crippen molar-refractivity contribution in [3.8, 4) is 0 Å². The highest BCUT2D eigenvalue weighted by atomic mass is 19.4. The SMILES string of the molecule is N=C(N)c1ccc(C(=O)N2CC(O)C[C@H]2C(=O)N2CCC(C(=O)C(=O)O)CC2)cc1.O=C(O)C(F)(F)F. The molecule has 0 bridgehead atoms. The van der Waals surface area contributed by atoms with Crippen LogP contribution in [0.3, 0.4) is 0 Å². The maximum Gasteiger partial charge on any atom is 0.490 e. The van der Waals surface area contributed by atoms with Gasteiger partial charge < -0.3 is 30.9 Å². The molecule has 202 valence electrons. The quantitative estimate of drug-likeness (QED) is 0.198. The predicted octanol–water partition coefficient (Wildman–Crippen LogP) is 0.0717. The Balaban J connectivity index is 0.000000604. The average Bonchev–Trinajstić information content (AvgIpc) is 3.24. The zero-order chi connectivity index (χ0) is 28.1.